The molecule has 102 valence electrons. The first-order valence-electron chi connectivity index (χ1n) is 5.79. The van der Waals surface area contributed by atoms with E-state index in [1.807, 2.05) is 25.1 Å². The molecule has 0 radical (unpaired) electrons. The van der Waals surface area contributed by atoms with Gasteiger partial charge in [-0.15, -0.1) is 11.3 Å². The molecule has 19 heavy (non-hydrogen) atoms. The highest BCUT2D eigenvalue weighted by atomic mass is 32.2. The van der Waals surface area contributed by atoms with Crippen LogP contribution in [0.25, 0.3) is 0 Å². The molecule has 7 heteroatoms. The van der Waals surface area contributed by atoms with Crippen molar-refractivity contribution >= 4 is 27.2 Å². The third-order valence-corrected chi connectivity index (χ3v) is 5.32. The molecule has 2 aromatic heterocycles. The first-order chi connectivity index (χ1) is 9.08. The van der Waals surface area contributed by atoms with Crippen LogP contribution < -0.4 is 10.0 Å². The van der Waals surface area contributed by atoms with Gasteiger partial charge in [-0.3, -0.25) is 0 Å². The summed E-state index contributed by atoms with van der Waals surface area (Å²) in [7, 11) is -3.39. The van der Waals surface area contributed by atoms with Crippen molar-refractivity contribution in [1.29, 1.82) is 0 Å². The molecule has 0 amide bonds. The molecule has 0 fully saturated rings. The Morgan fingerprint density at radius 3 is 2.68 bits per heavy atom. The molecule has 0 aromatic carbocycles. The molecule has 0 saturated carbocycles. The van der Waals surface area contributed by atoms with E-state index in [2.05, 4.69) is 15.0 Å². The Morgan fingerprint density at radius 1 is 1.21 bits per heavy atom. The molecular weight excluding hydrogens is 282 g/mol. The van der Waals surface area contributed by atoms with Gasteiger partial charge in [-0.2, -0.15) is 0 Å². The standard InChI is InChI=1S/C12H15N3O2S2/c1-10-5-6-12(18-10)19(16,17)15-9-8-14-11-4-2-3-7-13-11/h2-7,15H,8-9H2,1H3,(H,13,14). The van der Waals surface area contributed by atoms with Gasteiger partial charge in [-0.25, -0.2) is 18.1 Å². The van der Waals surface area contributed by atoms with Crippen LogP contribution in [0.3, 0.4) is 0 Å². The van der Waals surface area contributed by atoms with Crippen LogP contribution in [0.4, 0.5) is 5.82 Å². The van der Waals surface area contributed by atoms with Gasteiger partial charge < -0.3 is 5.32 Å². The van der Waals surface area contributed by atoms with Crippen LogP contribution >= 0.6 is 11.3 Å². The number of thiophene rings is 1. The Labute approximate surface area is 116 Å². The summed E-state index contributed by atoms with van der Waals surface area (Å²) in [4.78, 5) is 5.07. The van der Waals surface area contributed by atoms with Gasteiger partial charge in [0.2, 0.25) is 10.0 Å². The highest BCUT2D eigenvalue weighted by molar-refractivity contribution is 7.91. The first-order valence-corrected chi connectivity index (χ1v) is 8.09. The number of nitrogens with zero attached hydrogens (tertiary/aromatic N) is 1. The molecule has 0 atom stereocenters. The first kappa shape index (κ1) is 14.0. The zero-order chi connectivity index (χ0) is 13.7. The number of nitrogens with one attached hydrogen (secondary N) is 2. The van der Waals surface area contributed by atoms with E-state index in [0.717, 1.165) is 10.7 Å². The molecule has 2 N–H and O–H groups in total. The third-order valence-electron chi connectivity index (χ3n) is 2.37. The zero-order valence-corrected chi connectivity index (χ0v) is 12.1. The summed E-state index contributed by atoms with van der Waals surface area (Å²) in [6, 6.07) is 8.94. The molecule has 0 saturated heterocycles. The predicted octanol–water partition coefficient (Wildman–Crippen LogP) is 1.84. The van der Waals surface area contributed by atoms with Gasteiger partial charge in [0.05, 0.1) is 0 Å². The second-order valence-electron chi connectivity index (χ2n) is 3.90. The maximum absolute atomic E-state index is 11.9. The lowest BCUT2D eigenvalue weighted by molar-refractivity contribution is 0.585. The van der Waals surface area contributed by atoms with Gasteiger partial charge in [-0.1, -0.05) is 6.07 Å². The Morgan fingerprint density at radius 2 is 2.05 bits per heavy atom. The molecule has 0 bridgehead atoms. The number of aryl methyl sites for hydroxylation is 1. The normalized spacial score (nSPS) is 11.4. The minimum absolute atomic E-state index is 0.315. The average molecular weight is 297 g/mol. The summed E-state index contributed by atoms with van der Waals surface area (Å²) in [5.74, 6) is 0.730. The van der Waals surface area contributed by atoms with Crippen molar-refractivity contribution in [2.75, 3.05) is 18.4 Å². The number of hydrogen-bond acceptors (Lipinski definition) is 5. The predicted molar refractivity (Wildman–Crippen MR) is 77.0 cm³/mol. The zero-order valence-electron chi connectivity index (χ0n) is 10.5. The highest BCUT2D eigenvalue weighted by Gasteiger charge is 2.14. The number of rotatable bonds is 6. The van der Waals surface area contributed by atoms with E-state index in [-0.39, 0.29) is 0 Å². The molecule has 0 aliphatic carbocycles. The lowest BCUT2D eigenvalue weighted by Gasteiger charge is -2.06. The summed E-state index contributed by atoms with van der Waals surface area (Å²) in [6.45, 7) is 2.68. The van der Waals surface area contributed by atoms with E-state index in [4.69, 9.17) is 0 Å². The van der Waals surface area contributed by atoms with Crippen LogP contribution in [-0.4, -0.2) is 26.5 Å². The van der Waals surface area contributed by atoms with Crippen molar-refractivity contribution in [3.05, 3.63) is 41.4 Å². The summed E-state index contributed by atoms with van der Waals surface area (Å²) in [6.07, 6.45) is 1.68. The molecule has 0 aliphatic rings. The van der Waals surface area contributed by atoms with Gasteiger partial charge in [0.15, 0.2) is 0 Å². The molecule has 0 unspecified atom stereocenters. The smallest absolute Gasteiger partial charge is 0.250 e. The maximum atomic E-state index is 11.9. The van der Waals surface area contributed by atoms with E-state index in [0.29, 0.717) is 17.3 Å². The minimum Gasteiger partial charge on any atom is -0.369 e. The lowest BCUT2D eigenvalue weighted by Crippen LogP contribution is -2.28. The fourth-order valence-electron chi connectivity index (χ4n) is 1.47. The number of pyridine rings is 1. The van der Waals surface area contributed by atoms with Crippen molar-refractivity contribution in [3.63, 3.8) is 0 Å². The number of aromatic nitrogens is 1. The Hall–Kier alpha value is -1.44. The number of sulfonamides is 1. The quantitative estimate of drug-likeness (QED) is 0.798. The van der Waals surface area contributed by atoms with Crippen LogP contribution in [0.2, 0.25) is 0 Å². The van der Waals surface area contributed by atoms with Crippen LogP contribution in [0.1, 0.15) is 4.88 Å². The minimum atomic E-state index is -3.39. The van der Waals surface area contributed by atoms with Crippen molar-refractivity contribution in [2.24, 2.45) is 0 Å². The van der Waals surface area contributed by atoms with E-state index in [9.17, 15) is 8.42 Å². The van der Waals surface area contributed by atoms with E-state index < -0.39 is 10.0 Å². The van der Waals surface area contributed by atoms with Crippen molar-refractivity contribution in [3.8, 4) is 0 Å². The number of anilines is 1. The van der Waals surface area contributed by atoms with Crippen molar-refractivity contribution in [1.82, 2.24) is 9.71 Å². The Balaban J connectivity index is 1.83. The van der Waals surface area contributed by atoms with Crippen LogP contribution in [-0.2, 0) is 10.0 Å². The fourth-order valence-corrected chi connectivity index (χ4v) is 3.83. The van der Waals surface area contributed by atoms with Crippen molar-refractivity contribution < 1.29 is 8.42 Å². The SMILES string of the molecule is Cc1ccc(S(=O)(=O)NCCNc2ccccn2)s1. The van der Waals surface area contributed by atoms with E-state index >= 15 is 0 Å². The highest BCUT2D eigenvalue weighted by Crippen LogP contribution is 2.19. The topological polar surface area (TPSA) is 71.1 Å². The molecule has 5 nitrogen and oxygen atoms in total. The van der Waals surface area contributed by atoms with Gasteiger partial charge in [-0.05, 0) is 31.2 Å². The van der Waals surface area contributed by atoms with Gasteiger partial charge in [0.1, 0.15) is 10.0 Å². The summed E-state index contributed by atoms with van der Waals surface area (Å²) in [5, 5.41) is 3.04. The second kappa shape index (κ2) is 6.14. The summed E-state index contributed by atoms with van der Waals surface area (Å²) < 4.78 is 26.7. The van der Waals surface area contributed by atoms with Crippen LogP contribution in [0.15, 0.2) is 40.7 Å². The Bertz CT molecular complexity index is 623. The van der Waals surface area contributed by atoms with E-state index in [1.165, 1.54) is 11.3 Å². The maximum Gasteiger partial charge on any atom is 0.250 e. The molecule has 0 spiro atoms. The van der Waals surface area contributed by atoms with Gasteiger partial charge in [0.25, 0.3) is 0 Å². The molecular formula is C12H15N3O2S2. The monoisotopic (exact) mass is 297 g/mol. The largest absolute Gasteiger partial charge is 0.369 e. The van der Waals surface area contributed by atoms with Crippen LogP contribution in [0.5, 0.6) is 0 Å². The average Bonchev–Trinajstić information content (AvgIpc) is 2.84. The summed E-state index contributed by atoms with van der Waals surface area (Å²) >= 11 is 1.27. The van der Waals surface area contributed by atoms with Crippen molar-refractivity contribution in [2.45, 2.75) is 11.1 Å². The van der Waals surface area contributed by atoms with Crippen LogP contribution in [0, 0.1) is 6.92 Å². The Kier molecular flexibility index (Phi) is 4.52. The molecule has 2 aromatic rings. The third kappa shape index (κ3) is 4.02. The molecule has 2 rings (SSSR count). The molecule has 2 heterocycles. The lowest BCUT2D eigenvalue weighted by atomic mass is 10.4. The van der Waals surface area contributed by atoms with E-state index in [1.54, 1.807) is 18.3 Å². The second-order valence-corrected chi connectivity index (χ2v) is 7.19. The fraction of sp³-hybridized carbons (Fsp3) is 0.250. The summed E-state index contributed by atoms with van der Waals surface area (Å²) in [5.41, 5.74) is 0. The number of hydrogen-bond donors (Lipinski definition) is 2. The molecule has 0 aliphatic heterocycles. The van der Waals surface area contributed by atoms with Gasteiger partial charge in [0, 0.05) is 24.2 Å². The van der Waals surface area contributed by atoms with Gasteiger partial charge >= 0.3 is 0 Å².